The molecular formula is C14H19N3O2. The molecule has 1 N–H and O–H groups in total. The van der Waals surface area contributed by atoms with E-state index in [1.807, 2.05) is 12.1 Å². The molecular weight excluding hydrogens is 242 g/mol. The molecule has 2 aliphatic rings. The lowest BCUT2D eigenvalue weighted by atomic mass is 10.1. The van der Waals surface area contributed by atoms with Crippen LogP contribution in [0.3, 0.4) is 0 Å². The van der Waals surface area contributed by atoms with Crippen LogP contribution in [-0.4, -0.2) is 35.0 Å². The van der Waals surface area contributed by atoms with E-state index in [-0.39, 0.29) is 10.6 Å². The van der Waals surface area contributed by atoms with Crippen LogP contribution in [0.4, 0.5) is 5.69 Å². The van der Waals surface area contributed by atoms with Gasteiger partial charge in [0.2, 0.25) is 0 Å². The molecule has 2 saturated heterocycles. The van der Waals surface area contributed by atoms with E-state index in [9.17, 15) is 10.1 Å². The molecule has 3 rings (SSSR count). The fourth-order valence-electron chi connectivity index (χ4n) is 3.31. The predicted molar refractivity (Wildman–Crippen MR) is 72.9 cm³/mol. The van der Waals surface area contributed by atoms with E-state index < -0.39 is 0 Å². The molecule has 2 fully saturated rings. The molecule has 0 aromatic heterocycles. The lowest BCUT2D eigenvalue weighted by Crippen LogP contribution is -2.38. The summed E-state index contributed by atoms with van der Waals surface area (Å²) in [5, 5.41) is 14.2. The van der Waals surface area contributed by atoms with Gasteiger partial charge in [-0.3, -0.25) is 15.0 Å². The molecule has 0 spiro atoms. The highest BCUT2D eigenvalue weighted by molar-refractivity contribution is 5.32. The minimum absolute atomic E-state index is 0.159. The number of non-ortho nitro benzene ring substituents is 1. The molecule has 2 aliphatic heterocycles. The van der Waals surface area contributed by atoms with Crippen LogP contribution < -0.4 is 5.32 Å². The van der Waals surface area contributed by atoms with Crippen molar-refractivity contribution in [3.8, 4) is 0 Å². The Labute approximate surface area is 112 Å². The second-order valence-electron chi connectivity index (χ2n) is 5.45. The third kappa shape index (κ3) is 2.62. The standard InChI is InChI=1S/C14H19N3O2/c18-17(19)12-5-3-11(4-6-12)10-15-13-7-9-16-8-1-2-14(13)16/h3-6,13-15H,1-2,7-10H2. The largest absolute Gasteiger partial charge is 0.308 e. The van der Waals surface area contributed by atoms with Crippen LogP contribution >= 0.6 is 0 Å². The molecule has 2 heterocycles. The molecule has 0 radical (unpaired) electrons. The number of hydrogen-bond donors (Lipinski definition) is 1. The molecule has 0 saturated carbocycles. The van der Waals surface area contributed by atoms with Crippen LogP contribution in [0.5, 0.6) is 0 Å². The average molecular weight is 261 g/mol. The van der Waals surface area contributed by atoms with E-state index in [2.05, 4.69) is 10.2 Å². The summed E-state index contributed by atoms with van der Waals surface area (Å²) >= 11 is 0. The minimum Gasteiger partial charge on any atom is -0.308 e. The van der Waals surface area contributed by atoms with Crippen molar-refractivity contribution < 1.29 is 4.92 Å². The number of nitro groups is 1. The van der Waals surface area contributed by atoms with Crippen LogP contribution in [0.25, 0.3) is 0 Å². The Kier molecular flexibility index (Phi) is 3.48. The molecule has 5 heteroatoms. The highest BCUT2D eigenvalue weighted by Gasteiger charge is 2.36. The normalized spacial score (nSPS) is 26.5. The van der Waals surface area contributed by atoms with Crippen LogP contribution in [0.1, 0.15) is 24.8 Å². The number of nitrogens with zero attached hydrogens (tertiary/aromatic N) is 2. The quantitative estimate of drug-likeness (QED) is 0.664. The number of fused-ring (bicyclic) bond motifs is 1. The fourth-order valence-corrected chi connectivity index (χ4v) is 3.31. The van der Waals surface area contributed by atoms with Gasteiger partial charge in [0.1, 0.15) is 0 Å². The zero-order valence-corrected chi connectivity index (χ0v) is 10.9. The lowest BCUT2D eigenvalue weighted by Gasteiger charge is -2.21. The Bertz CT molecular complexity index is 460. The first kappa shape index (κ1) is 12.6. The summed E-state index contributed by atoms with van der Waals surface area (Å²) in [5.74, 6) is 0. The van der Waals surface area contributed by atoms with E-state index >= 15 is 0 Å². The van der Waals surface area contributed by atoms with Crippen LogP contribution in [0.2, 0.25) is 0 Å². The van der Waals surface area contributed by atoms with E-state index in [1.54, 1.807) is 12.1 Å². The summed E-state index contributed by atoms with van der Waals surface area (Å²) in [6.45, 7) is 3.26. The maximum atomic E-state index is 10.6. The summed E-state index contributed by atoms with van der Waals surface area (Å²) < 4.78 is 0. The van der Waals surface area contributed by atoms with E-state index in [1.165, 1.54) is 32.4 Å². The van der Waals surface area contributed by atoms with Crippen molar-refractivity contribution in [2.75, 3.05) is 13.1 Å². The number of nitro benzene ring substituents is 1. The molecule has 2 unspecified atom stereocenters. The summed E-state index contributed by atoms with van der Waals surface area (Å²) in [5.41, 5.74) is 1.27. The van der Waals surface area contributed by atoms with Gasteiger partial charge in [-0.25, -0.2) is 0 Å². The second kappa shape index (κ2) is 5.27. The number of benzene rings is 1. The fraction of sp³-hybridized carbons (Fsp3) is 0.571. The molecule has 0 bridgehead atoms. The van der Waals surface area contributed by atoms with Gasteiger partial charge in [-0.2, -0.15) is 0 Å². The first-order valence-electron chi connectivity index (χ1n) is 6.95. The minimum atomic E-state index is -0.357. The van der Waals surface area contributed by atoms with Gasteiger partial charge in [-0.05, 0) is 31.4 Å². The Balaban J connectivity index is 1.56. The molecule has 1 aromatic rings. The number of nitrogens with one attached hydrogen (secondary N) is 1. The van der Waals surface area contributed by atoms with Crippen molar-refractivity contribution in [1.29, 1.82) is 0 Å². The predicted octanol–water partition coefficient (Wildman–Crippen LogP) is 1.92. The van der Waals surface area contributed by atoms with Crippen LogP contribution in [-0.2, 0) is 6.54 Å². The molecule has 102 valence electrons. The summed E-state index contributed by atoms with van der Waals surface area (Å²) in [7, 11) is 0. The summed E-state index contributed by atoms with van der Waals surface area (Å²) in [4.78, 5) is 12.8. The molecule has 5 nitrogen and oxygen atoms in total. The smallest absolute Gasteiger partial charge is 0.269 e. The third-order valence-corrected chi connectivity index (χ3v) is 4.32. The topological polar surface area (TPSA) is 58.4 Å². The van der Waals surface area contributed by atoms with Gasteiger partial charge in [-0.15, -0.1) is 0 Å². The Morgan fingerprint density at radius 3 is 2.79 bits per heavy atom. The molecule has 1 aromatic carbocycles. The summed E-state index contributed by atoms with van der Waals surface area (Å²) in [6, 6.07) is 8.12. The molecule has 0 aliphatic carbocycles. The maximum absolute atomic E-state index is 10.6. The average Bonchev–Trinajstić information content (AvgIpc) is 3.00. The van der Waals surface area contributed by atoms with E-state index in [0.717, 1.165) is 12.1 Å². The van der Waals surface area contributed by atoms with Crippen molar-refractivity contribution in [2.45, 2.75) is 37.9 Å². The van der Waals surface area contributed by atoms with E-state index in [0.29, 0.717) is 12.1 Å². The number of hydrogen-bond acceptors (Lipinski definition) is 4. The van der Waals surface area contributed by atoms with Gasteiger partial charge in [0.15, 0.2) is 0 Å². The van der Waals surface area contributed by atoms with Crippen LogP contribution in [0, 0.1) is 10.1 Å². The van der Waals surface area contributed by atoms with Crippen LogP contribution in [0.15, 0.2) is 24.3 Å². The molecule has 0 amide bonds. The Morgan fingerprint density at radius 2 is 2.05 bits per heavy atom. The van der Waals surface area contributed by atoms with Crippen molar-refractivity contribution in [3.05, 3.63) is 39.9 Å². The second-order valence-corrected chi connectivity index (χ2v) is 5.45. The maximum Gasteiger partial charge on any atom is 0.269 e. The van der Waals surface area contributed by atoms with Crippen molar-refractivity contribution >= 4 is 5.69 Å². The monoisotopic (exact) mass is 261 g/mol. The molecule has 19 heavy (non-hydrogen) atoms. The lowest BCUT2D eigenvalue weighted by molar-refractivity contribution is -0.384. The van der Waals surface area contributed by atoms with Gasteiger partial charge in [0.05, 0.1) is 4.92 Å². The Hall–Kier alpha value is -1.46. The highest BCUT2D eigenvalue weighted by atomic mass is 16.6. The first-order chi connectivity index (χ1) is 9.24. The SMILES string of the molecule is O=[N+]([O-])c1ccc(CNC2CCN3CCCC23)cc1. The van der Waals surface area contributed by atoms with Gasteiger partial charge in [0.25, 0.3) is 5.69 Å². The van der Waals surface area contributed by atoms with Gasteiger partial charge >= 0.3 is 0 Å². The van der Waals surface area contributed by atoms with Crippen molar-refractivity contribution in [1.82, 2.24) is 10.2 Å². The van der Waals surface area contributed by atoms with Gasteiger partial charge in [0, 0.05) is 37.3 Å². The van der Waals surface area contributed by atoms with Crippen molar-refractivity contribution in [3.63, 3.8) is 0 Å². The number of rotatable bonds is 4. The van der Waals surface area contributed by atoms with E-state index in [4.69, 9.17) is 0 Å². The Morgan fingerprint density at radius 1 is 1.26 bits per heavy atom. The molecule has 2 atom stereocenters. The third-order valence-electron chi connectivity index (χ3n) is 4.32. The zero-order chi connectivity index (χ0) is 13.2. The summed E-state index contributed by atoms with van der Waals surface area (Å²) in [6.07, 6.45) is 3.84. The van der Waals surface area contributed by atoms with Crippen molar-refractivity contribution in [2.24, 2.45) is 0 Å². The highest BCUT2D eigenvalue weighted by Crippen LogP contribution is 2.28. The van der Waals surface area contributed by atoms with Gasteiger partial charge < -0.3 is 5.32 Å². The zero-order valence-electron chi connectivity index (χ0n) is 10.9. The first-order valence-corrected chi connectivity index (χ1v) is 6.95. The van der Waals surface area contributed by atoms with Gasteiger partial charge in [-0.1, -0.05) is 12.1 Å².